The maximum Gasteiger partial charge on any atom is 0.218 e. The van der Waals surface area contributed by atoms with Crippen LogP contribution in [0.4, 0.5) is 0 Å². The molecule has 0 radical (unpaired) electrons. The Balaban J connectivity index is 4.37. The van der Waals surface area contributed by atoms with Crippen LogP contribution in [0, 0.1) is 0 Å². The van der Waals surface area contributed by atoms with Crippen molar-refractivity contribution in [2.45, 2.75) is 18.6 Å². The van der Waals surface area contributed by atoms with Crippen LogP contribution in [0.3, 0.4) is 0 Å². The van der Waals surface area contributed by atoms with Gasteiger partial charge in [-0.2, -0.15) is 0 Å². The highest BCUT2D eigenvalue weighted by molar-refractivity contribution is 7.94. The Labute approximate surface area is 66.0 Å². The summed E-state index contributed by atoms with van der Waals surface area (Å²) in [5, 5.41) is 0.0677. The van der Waals surface area contributed by atoms with Crippen LogP contribution < -0.4 is 5.73 Å². The minimum Gasteiger partial charge on any atom is -0.370 e. The van der Waals surface area contributed by atoms with Crippen LogP contribution in [0.5, 0.6) is 0 Å². The highest BCUT2D eigenvalue weighted by Gasteiger charge is 2.18. The first-order valence-corrected chi connectivity index (χ1v) is 4.65. The predicted octanol–water partition coefficient (Wildman–Crippen LogP) is -0.191. The number of nitrogens with two attached hydrogens (primary N) is 1. The van der Waals surface area contributed by atoms with E-state index in [4.69, 9.17) is 5.73 Å². The van der Waals surface area contributed by atoms with Crippen molar-refractivity contribution < 1.29 is 13.2 Å². The Morgan fingerprint density at radius 3 is 2.45 bits per heavy atom. The second-order valence-corrected chi connectivity index (χ2v) is 4.55. The van der Waals surface area contributed by atoms with E-state index in [1.165, 1.54) is 6.92 Å². The van der Waals surface area contributed by atoms with Crippen molar-refractivity contribution in [2.24, 2.45) is 5.73 Å². The number of hydrogen-bond donors (Lipinski definition) is 1. The molecule has 0 rings (SSSR count). The summed E-state index contributed by atoms with van der Waals surface area (Å²) in [6.07, 6.45) is -0.158. The van der Waals surface area contributed by atoms with Crippen molar-refractivity contribution in [1.82, 2.24) is 0 Å². The molecule has 0 aliphatic heterocycles. The second-order valence-electron chi connectivity index (χ2n) is 2.24. The lowest BCUT2D eigenvalue weighted by Gasteiger charge is -2.05. The van der Waals surface area contributed by atoms with E-state index in [1.807, 2.05) is 0 Å². The Morgan fingerprint density at radius 2 is 2.18 bits per heavy atom. The summed E-state index contributed by atoms with van der Waals surface area (Å²) >= 11 is 0. The molecule has 2 N–H and O–H groups in total. The molecule has 4 nitrogen and oxygen atoms in total. The first-order valence-electron chi connectivity index (χ1n) is 3.04. The fraction of sp³-hybridized carbons (Fsp3) is 0.500. The molecule has 11 heavy (non-hydrogen) atoms. The van der Waals surface area contributed by atoms with Gasteiger partial charge >= 0.3 is 0 Å². The summed E-state index contributed by atoms with van der Waals surface area (Å²) in [5.74, 6) is -0.622. The summed E-state index contributed by atoms with van der Waals surface area (Å²) in [4.78, 5) is 10.3. The van der Waals surface area contributed by atoms with Crippen molar-refractivity contribution in [3.8, 4) is 0 Å². The smallest absolute Gasteiger partial charge is 0.218 e. The van der Waals surface area contributed by atoms with Gasteiger partial charge in [0.2, 0.25) is 5.91 Å². The molecule has 0 aromatic heterocycles. The van der Waals surface area contributed by atoms with Gasteiger partial charge in [-0.15, -0.1) is 0 Å². The standard InChI is InChI=1S/C6H11NO3S/c1-3-11(9,10)5(2)4-6(7)8/h3,5H,1,4H2,2H3,(H2,7,8). The third-order valence-electron chi connectivity index (χ3n) is 1.28. The largest absolute Gasteiger partial charge is 0.370 e. The van der Waals surface area contributed by atoms with Crippen LogP contribution >= 0.6 is 0 Å². The lowest BCUT2D eigenvalue weighted by Crippen LogP contribution is -2.23. The molecule has 0 saturated carbocycles. The minimum absolute atomic E-state index is 0.158. The first-order chi connectivity index (χ1) is 4.90. The molecule has 0 aromatic carbocycles. The average molecular weight is 177 g/mol. The third-order valence-corrected chi connectivity index (χ3v) is 3.03. The van der Waals surface area contributed by atoms with Crippen molar-refractivity contribution in [2.75, 3.05) is 0 Å². The number of amides is 1. The normalized spacial score (nSPS) is 13.9. The van der Waals surface area contributed by atoms with E-state index in [9.17, 15) is 13.2 Å². The van der Waals surface area contributed by atoms with Crippen LogP contribution in [0.25, 0.3) is 0 Å². The zero-order chi connectivity index (χ0) is 9.07. The molecule has 0 aromatic rings. The third kappa shape index (κ3) is 3.18. The van der Waals surface area contributed by atoms with Crippen LogP contribution in [0.1, 0.15) is 13.3 Å². The Bertz CT molecular complexity index is 255. The van der Waals surface area contributed by atoms with E-state index in [-0.39, 0.29) is 6.42 Å². The fourth-order valence-corrected chi connectivity index (χ4v) is 1.29. The molecule has 1 amide bonds. The van der Waals surface area contributed by atoms with Gasteiger partial charge in [0.25, 0.3) is 0 Å². The molecule has 0 aliphatic rings. The first kappa shape index (κ1) is 10.2. The summed E-state index contributed by atoms with van der Waals surface area (Å²) in [6.45, 7) is 4.54. The van der Waals surface area contributed by atoms with E-state index in [1.54, 1.807) is 0 Å². The highest BCUT2D eigenvalue weighted by atomic mass is 32.2. The minimum atomic E-state index is -3.33. The quantitative estimate of drug-likeness (QED) is 0.646. The SMILES string of the molecule is C=CS(=O)(=O)C(C)CC(N)=O. The molecule has 64 valence electrons. The van der Waals surface area contributed by atoms with Gasteiger partial charge in [0.1, 0.15) is 0 Å². The van der Waals surface area contributed by atoms with Crippen molar-refractivity contribution in [1.29, 1.82) is 0 Å². The topological polar surface area (TPSA) is 77.2 Å². The van der Waals surface area contributed by atoms with E-state index in [2.05, 4.69) is 6.58 Å². The number of carbonyl (C=O) groups is 1. The average Bonchev–Trinajstić information content (AvgIpc) is 1.86. The second kappa shape index (κ2) is 3.52. The fourth-order valence-electron chi connectivity index (χ4n) is 0.564. The van der Waals surface area contributed by atoms with Gasteiger partial charge in [-0.3, -0.25) is 4.79 Å². The number of sulfone groups is 1. The van der Waals surface area contributed by atoms with E-state index in [0.717, 1.165) is 5.41 Å². The van der Waals surface area contributed by atoms with E-state index >= 15 is 0 Å². The lowest BCUT2D eigenvalue weighted by atomic mass is 10.3. The highest BCUT2D eigenvalue weighted by Crippen LogP contribution is 2.05. The Kier molecular flexibility index (Phi) is 3.25. The van der Waals surface area contributed by atoms with Gasteiger partial charge < -0.3 is 5.73 Å². The molecule has 0 aliphatic carbocycles. The molecule has 5 heteroatoms. The van der Waals surface area contributed by atoms with Crippen LogP contribution in [-0.2, 0) is 14.6 Å². The number of carbonyl (C=O) groups excluding carboxylic acids is 1. The molecular formula is C6H11NO3S. The monoisotopic (exact) mass is 177 g/mol. The zero-order valence-corrected chi connectivity index (χ0v) is 7.10. The molecule has 1 unspecified atom stereocenters. The molecule has 0 heterocycles. The Hall–Kier alpha value is -0.840. The predicted molar refractivity (Wildman–Crippen MR) is 42.4 cm³/mol. The van der Waals surface area contributed by atoms with Gasteiger partial charge in [-0.05, 0) is 6.92 Å². The van der Waals surface area contributed by atoms with E-state index < -0.39 is 21.0 Å². The van der Waals surface area contributed by atoms with E-state index in [0.29, 0.717) is 0 Å². The summed E-state index contributed by atoms with van der Waals surface area (Å²) in [6, 6.07) is 0. The number of hydrogen-bond acceptors (Lipinski definition) is 3. The maximum absolute atomic E-state index is 10.9. The summed E-state index contributed by atoms with van der Waals surface area (Å²) in [7, 11) is -3.33. The molecular weight excluding hydrogens is 166 g/mol. The van der Waals surface area contributed by atoms with Crippen molar-refractivity contribution >= 4 is 15.7 Å². The van der Waals surface area contributed by atoms with Crippen LogP contribution in [0.2, 0.25) is 0 Å². The summed E-state index contributed by atoms with van der Waals surface area (Å²) in [5.41, 5.74) is 4.81. The molecule has 0 fully saturated rings. The number of rotatable bonds is 4. The number of primary amides is 1. The van der Waals surface area contributed by atoms with Crippen LogP contribution in [0.15, 0.2) is 12.0 Å². The molecule has 0 bridgehead atoms. The summed E-state index contributed by atoms with van der Waals surface area (Å²) < 4.78 is 21.8. The molecule has 1 atom stereocenters. The lowest BCUT2D eigenvalue weighted by molar-refractivity contribution is -0.117. The van der Waals surface area contributed by atoms with Gasteiger partial charge in [-0.1, -0.05) is 6.58 Å². The van der Waals surface area contributed by atoms with Crippen molar-refractivity contribution in [3.63, 3.8) is 0 Å². The maximum atomic E-state index is 10.9. The van der Waals surface area contributed by atoms with Gasteiger partial charge in [0.05, 0.1) is 5.25 Å². The molecule has 0 saturated heterocycles. The van der Waals surface area contributed by atoms with Gasteiger partial charge in [-0.25, -0.2) is 8.42 Å². The van der Waals surface area contributed by atoms with Gasteiger partial charge in [0.15, 0.2) is 9.84 Å². The zero-order valence-electron chi connectivity index (χ0n) is 6.28. The Morgan fingerprint density at radius 1 is 1.73 bits per heavy atom. The molecule has 0 spiro atoms. The van der Waals surface area contributed by atoms with Crippen molar-refractivity contribution in [3.05, 3.63) is 12.0 Å². The van der Waals surface area contributed by atoms with Gasteiger partial charge in [0, 0.05) is 11.8 Å². The van der Waals surface area contributed by atoms with Crippen LogP contribution in [-0.4, -0.2) is 19.6 Å².